The van der Waals surface area contributed by atoms with Gasteiger partial charge < -0.3 is 4.74 Å². The maximum Gasteiger partial charge on any atom is 0.350 e. The first-order chi connectivity index (χ1) is 12.1. The Morgan fingerprint density at radius 1 is 1.40 bits per heavy atom. The SMILES string of the molecule is Cc1nn2c(=O)[nH]c(SCC3CCCO3)nc2c1-c1ccc(F)cc1. The smallest absolute Gasteiger partial charge is 0.350 e. The molecule has 1 aliphatic heterocycles. The van der Waals surface area contributed by atoms with Crippen LogP contribution in [0.25, 0.3) is 16.8 Å². The summed E-state index contributed by atoms with van der Waals surface area (Å²) in [6.07, 6.45) is 2.31. The quantitative estimate of drug-likeness (QED) is 0.725. The van der Waals surface area contributed by atoms with Gasteiger partial charge in [-0.2, -0.15) is 9.61 Å². The van der Waals surface area contributed by atoms with Crippen molar-refractivity contribution in [1.29, 1.82) is 0 Å². The molecule has 1 fully saturated rings. The van der Waals surface area contributed by atoms with Crippen LogP contribution < -0.4 is 5.69 Å². The van der Waals surface area contributed by atoms with Crippen molar-refractivity contribution in [2.24, 2.45) is 0 Å². The number of aryl methyl sites for hydroxylation is 1. The van der Waals surface area contributed by atoms with E-state index < -0.39 is 0 Å². The molecule has 0 amide bonds. The van der Waals surface area contributed by atoms with E-state index in [4.69, 9.17) is 4.74 Å². The Hall–Kier alpha value is -2.19. The number of nitrogens with zero attached hydrogens (tertiary/aromatic N) is 3. The second-order valence-electron chi connectivity index (χ2n) is 6.00. The van der Waals surface area contributed by atoms with Gasteiger partial charge in [0.05, 0.1) is 11.8 Å². The van der Waals surface area contributed by atoms with Gasteiger partial charge in [-0.3, -0.25) is 4.98 Å². The highest BCUT2D eigenvalue weighted by Gasteiger charge is 2.19. The highest BCUT2D eigenvalue weighted by molar-refractivity contribution is 7.99. The van der Waals surface area contributed by atoms with Crippen LogP contribution in [0.5, 0.6) is 0 Å². The molecule has 3 aromatic rings. The van der Waals surface area contributed by atoms with Crippen molar-refractivity contribution in [3.8, 4) is 11.1 Å². The molecular weight excluding hydrogens is 343 g/mol. The fourth-order valence-electron chi connectivity index (χ4n) is 3.00. The molecule has 6 nitrogen and oxygen atoms in total. The van der Waals surface area contributed by atoms with Crippen molar-refractivity contribution in [3.05, 3.63) is 46.3 Å². The summed E-state index contributed by atoms with van der Waals surface area (Å²) in [4.78, 5) is 19.7. The van der Waals surface area contributed by atoms with Crippen LogP contribution in [-0.4, -0.2) is 38.0 Å². The van der Waals surface area contributed by atoms with E-state index in [-0.39, 0.29) is 17.6 Å². The van der Waals surface area contributed by atoms with Crippen LogP contribution in [0.4, 0.5) is 4.39 Å². The maximum absolute atomic E-state index is 13.2. The molecule has 2 aromatic heterocycles. The highest BCUT2D eigenvalue weighted by atomic mass is 32.2. The minimum atomic E-state index is -0.337. The third-order valence-electron chi connectivity index (χ3n) is 4.21. The predicted octanol–water partition coefficient (Wildman–Crippen LogP) is 2.80. The molecule has 1 atom stereocenters. The summed E-state index contributed by atoms with van der Waals surface area (Å²) >= 11 is 1.47. The number of ether oxygens (including phenoxy) is 1. The minimum absolute atomic E-state index is 0.203. The lowest BCUT2D eigenvalue weighted by Crippen LogP contribution is -2.20. The number of H-pyrrole nitrogens is 1. The van der Waals surface area contributed by atoms with Crippen LogP contribution in [0.15, 0.2) is 34.2 Å². The van der Waals surface area contributed by atoms with Gasteiger partial charge in [-0.15, -0.1) is 0 Å². The molecule has 25 heavy (non-hydrogen) atoms. The Bertz CT molecular complexity index is 961. The van der Waals surface area contributed by atoms with Crippen molar-refractivity contribution in [2.75, 3.05) is 12.4 Å². The molecule has 0 aliphatic carbocycles. The molecule has 1 unspecified atom stereocenters. The third-order valence-corrected chi connectivity index (χ3v) is 5.22. The number of benzene rings is 1. The van der Waals surface area contributed by atoms with Gasteiger partial charge in [0, 0.05) is 17.9 Å². The number of halogens is 1. The van der Waals surface area contributed by atoms with Crippen LogP contribution in [0.1, 0.15) is 18.5 Å². The summed E-state index contributed by atoms with van der Waals surface area (Å²) in [5, 5.41) is 4.81. The van der Waals surface area contributed by atoms with Crippen molar-refractivity contribution >= 4 is 17.4 Å². The number of nitrogens with one attached hydrogen (secondary N) is 1. The fourth-order valence-corrected chi connectivity index (χ4v) is 3.92. The van der Waals surface area contributed by atoms with E-state index in [1.54, 1.807) is 12.1 Å². The van der Waals surface area contributed by atoms with Gasteiger partial charge >= 0.3 is 5.69 Å². The number of aromatic amines is 1. The molecule has 4 rings (SSSR count). The molecule has 0 radical (unpaired) electrons. The first-order valence-electron chi connectivity index (χ1n) is 8.12. The topological polar surface area (TPSA) is 72.3 Å². The lowest BCUT2D eigenvalue weighted by Gasteiger charge is -2.08. The van der Waals surface area contributed by atoms with Gasteiger partial charge in [0.15, 0.2) is 10.8 Å². The van der Waals surface area contributed by atoms with Gasteiger partial charge in [-0.25, -0.2) is 14.2 Å². The van der Waals surface area contributed by atoms with E-state index in [2.05, 4.69) is 15.1 Å². The lowest BCUT2D eigenvalue weighted by molar-refractivity contribution is 0.129. The summed E-state index contributed by atoms with van der Waals surface area (Å²) in [6.45, 7) is 2.61. The Morgan fingerprint density at radius 3 is 2.92 bits per heavy atom. The van der Waals surface area contributed by atoms with E-state index in [9.17, 15) is 9.18 Å². The van der Waals surface area contributed by atoms with Gasteiger partial charge in [-0.05, 0) is 37.5 Å². The first kappa shape index (κ1) is 16.3. The summed E-state index contributed by atoms with van der Waals surface area (Å²) in [7, 11) is 0. The molecule has 130 valence electrons. The molecule has 8 heteroatoms. The van der Waals surface area contributed by atoms with Gasteiger partial charge in [0.1, 0.15) is 5.82 Å². The lowest BCUT2D eigenvalue weighted by atomic mass is 10.1. The Balaban J connectivity index is 1.74. The molecule has 1 saturated heterocycles. The minimum Gasteiger partial charge on any atom is -0.377 e. The van der Waals surface area contributed by atoms with E-state index in [1.807, 2.05) is 6.92 Å². The predicted molar refractivity (Wildman–Crippen MR) is 93.4 cm³/mol. The maximum atomic E-state index is 13.2. The van der Waals surface area contributed by atoms with Gasteiger partial charge in [0.25, 0.3) is 0 Å². The Morgan fingerprint density at radius 2 is 2.20 bits per heavy atom. The third kappa shape index (κ3) is 3.19. The summed E-state index contributed by atoms with van der Waals surface area (Å²) in [5.74, 6) is 0.439. The zero-order valence-electron chi connectivity index (χ0n) is 13.7. The standard InChI is InChI=1S/C17H17FN4O2S/c1-10-14(11-4-6-12(18)7-5-11)15-19-16(20-17(23)22(15)21-10)25-9-13-3-2-8-24-13/h4-7,13H,2-3,8-9H2,1H3,(H,19,20,23). The Labute approximate surface area is 147 Å². The van der Waals surface area contributed by atoms with Crippen molar-refractivity contribution < 1.29 is 9.13 Å². The second kappa shape index (κ2) is 6.61. The van der Waals surface area contributed by atoms with E-state index in [1.165, 1.54) is 28.4 Å². The number of hydrogen-bond donors (Lipinski definition) is 1. The van der Waals surface area contributed by atoms with Crippen LogP contribution in [0.3, 0.4) is 0 Å². The van der Waals surface area contributed by atoms with E-state index in [0.717, 1.165) is 36.3 Å². The molecule has 0 spiro atoms. The zero-order valence-corrected chi connectivity index (χ0v) is 14.5. The molecule has 1 N–H and O–H groups in total. The number of aromatic nitrogens is 4. The first-order valence-corrected chi connectivity index (χ1v) is 9.10. The number of rotatable bonds is 4. The molecular formula is C17H17FN4O2S. The molecule has 3 heterocycles. The van der Waals surface area contributed by atoms with Crippen molar-refractivity contribution in [2.45, 2.75) is 31.0 Å². The highest BCUT2D eigenvalue weighted by Crippen LogP contribution is 2.28. The average Bonchev–Trinajstić information content (AvgIpc) is 3.22. The largest absolute Gasteiger partial charge is 0.377 e. The molecule has 0 bridgehead atoms. The number of fused-ring (bicyclic) bond motifs is 1. The fraction of sp³-hybridized carbons (Fsp3) is 0.353. The van der Waals surface area contributed by atoms with E-state index >= 15 is 0 Å². The van der Waals surface area contributed by atoms with E-state index in [0.29, 0.717) is 16.5 Å². The summed E-state index contributed by atoms with van der Waals surface area (Å²) < 4.78 is 20.1. The Kier molecular flexibility index (Phi) is 4.30. The van der Waals surface area contributed by atoms with Crippen LogP contribution in [-0.2, 0) is 4.74 Å². The second-order valence-corrected chi connectivity index (χ2v) is 7.00. The van der Waals surface area contributed by atoms with Gasteiger partial charge in [-0.1, -0.05) is 23.9 Å². The van der Waals surface area contributed by atoms with Crippen LogP contribution in [0.2, 0.25) is 0 Å². The molecule has 0 saturated carbocycles. The zero-order chi connectivity index (χ0) is 17.4. The van der Waals surface area contributed by atoms with Crippen LogP contribution in [0, 0.1) is 12.7 Å². The molecule has 1 aliphatic rings. The number of thioether (sulfide) groups is 1. The number of hydrogen-bond acceptors (Lipinski definition) is 5. The summed E-state index contributed by atoms with van der Waals surface area (Å²) in [5.41, 5.74) is 2.33. The summed E-state index contributed by atoms with van der Waals surface area (Å²) in [6, 6.07) is 6.11. The van der Waals surface area contributed by atoms with Gasteiger partial charge in [0.2, 0.25) is 0 Å². The van der Waals surface area contributed by atoms with Crippen LogP contribution >= 0.6 is 11.8 Å². The monoisotopic (exact) mass is 360 g/mol. The normalized spacial score (nSPS) is 17.4. The van der Waals surface area contributed by atoms with Crippen molar-refractivity contribution in [3.63, 3.8) is 0 Å². The average molecular weight is 360 g/mol. The molecule has 1 aromatic carbocycles. The van der Waals surface area contributed by atoms with Crippen molar-refractivity contribution in [1.82, 2.24) is 19.6 Å².